The van der Waals surface area contributed by atoms with Gasteiger partial charge in [0, 0.05) is 55.8 Å². The molecule has 0 spiro atoms. The zero-order valence-corrected chi connectivity index (χ0v) is 25.7. The van der Waals surface area contributed by atoms with Gasteiger partial charge in [-0.25, -0.2) is 8.78 Å². The molecule has 0 aliphatic rings. The molecule has 3 N–H and O–H groups in total. The fourth-order valence-electron chi connectivity index (χ4n) is 4.87. The minimum Gasteiger partial charge on any atom is -0.390 e. The molecule has 0 unspecified atom stereocenters. The van der Waals surface area contributed by atoms with Crippen LogP contribution in [0.3, 0.4) is 0 Å². The van der Waals surface area contributed by atoms with Crippen molar-refractivity contribution >= 4 is 11.8 Å². The highest BCUT2D eigenvalue weighted by Crippen LogP contribution is 2.16. The maximum atomic E-state index is 14.0. The molecule has 1 heterocycles. The molecule has 0 radical (unpaired) electrons. The van der Waals surface area contributed by atoms with Gasteiger partial charge >= 0.3 is 0 Å². The second kappa shape index (κ2) is 16.2. The van der Waals surface area contributed by atoms with Gasteiger partial charge in [0.1, 0.15) is 11.6 Å². The summed E-state index contributed by atoms with van der Waals surface area (Å²) in [4.78, 5) is 37.3. The van der Waals surface area contributed by atoms with E-state index < -0.39 is 29.7 Å². The van der Waals surface area contributed by atoms with E-state index in [2.05, 4.69) is 20.6 Å². The number of aromatic nitrogens is 2. The number of benzene rings is 2. The van der Waals surface area contributed by atoms with Crippen molar-refractivity contribution in [2.45, 2.75) is 78.5 Å². The monoisotopic (exact) mass is 595 g/mol. The first-order chi connectivity index (χ1) is 20.5. The van der Waals surface area contributed by atoms with Crippen LogP contribution < -0.4 is 10.6 Å². The van der Waals surface area contributed by atoms with Gasteiger partial charge in [-0.2, -0.15) is 0 Å². The number of rotatable bonds is 15. The Balaban J connectivity index is 1.80. The highest BCUT2D eigenvalue weighted by atomic mass is 19.1. The second-order valence-electron chi connectivity index (χ2n) is 11.2. The molecule has 8 nitrogen and oxygen atoms in total. The first-order valence-corrected chi connectivity index (χ1v) is 14.9. The Morgan fingerprint density at radius 2 is 1.60 bits per heavy atom. The summed E-state index contributed by atoms with van der Waals surface area (Å²) in [6.45, 7) is 11.5. The van der Waals surface area contributed by atoms with Crippen LogP contribution in [0.4, 0.5) is 8.78 Å². The molecule has 1 aromatic heterocycles. The van der Waals surface area contributed by atoms with E-state index >= 15 is 0 Å². The number of aryl methyl sites for hydroxylation is 1. The van der Waals surface area contributed by atoms with Crippen LogP contribution in [0.25, 0.3) is 0 Å². The molecule has 43 heavy (non-hydrogen) atoms. The SMILES string of the molecule is CCCN(CCC)C(=O)c1cc(C)cc(C(=O)N[C@@H](Cc2cc(F)cc(F)c2)[C@H](O)CNCc2cncc(C(C)C)n2)c1. The molecule has 0 saturated carbocycles. The largest absolute Gasteiger partial charge is 0.390 e. The Labute approximate surface area is 252 Å². The van der Waals surface area contributed by atoms with Gasteiger partial charge in [0.05, 0.1) is 23.5 Å². The van der Waals surface area contributed by atoms with Gasteiger partial charge in [-0.1, -0.05) is 27.7 Å². The molecular weight excluding hydrogens is 552 g/mol. The Hall–Kier alpha value is -3.76. The van der Waals surface area contributed by atoms with E-state index in [0.717, 1.165) is 30.2 Å². The maximum Gasteiger partial charge on any atom is 0.253 e. The number of carbonyl (C=O) groups is 2. The van der Waals surface area contributed by atoms with E-state index in [-0.39, 0.29) is 35.9 Å². The Morgan fingerprint density at radius 1 is 0.953 bits per heavy atom. The topological polar surface area (TPSA) is 107 Å². The van der Waals surface area contributed by atoms with Crippen molar-refractivity contribution in [1.82, 2.24) is 25.5 Å². The molecule has 10 heteroatoms. The highest BCUT2D eigenvalue weighted by Gasteiger charge is 2.24. The normalized spacial score (nSPS) is 12.7. The van der Waals surface area contributed by atoms with Gasteiger partial charge in [0.15, 0.2) is 0 Å². The Kier molecular flexibility index (Phi) is 12.7. The van der Waals surface area contributed by atoms with Crippen molar-refractivity contribution in [3.05, 3.63) is 94.1 Å². The standard InChI is InChI=1S/C33H43F2N5O3/c1-6-8-40(9-7-2)33(43)25-11-22(5)10-24(15-25)32(42)39-29(14-23-12-26(34)16-27(35)13-23)31(41)20-37-18-28-17-36-19-30(38-28)21(3)4/h10-13,15-17,19,21,29,31,37,41H,6-9,14,18,20H2,1-5H3,(H,39,42)/t29-,31+/m0/s1. The lowest BCUT2D eigenvalue weighted by molar-refractivity contribution is 0.0755. The number of hydrogen-bond acceptors (Lipinski definition) is 6. The molecule has 3 rings (SSSR count). The van der Waals surface area contributed by atoms with Crippen LogP contribution in [-0.4, -0.2) is 63.6 Å². The summed E-state index contributed by atoms with van der Waals surface area (Å²) in [5, 5.41) is 17.1. The maximum absolute atomic E-state index is 14.0. The summed E-state index contributed by atoms with van der Waals surface area (Å²) in [5.41, 5.74) is 3.23. The predicted molar refractivity (Wildman–Crippen MR) is 163 cm³/mol. The molecule has 232 valence electrons. The molecule has 2 amide bonds. The first-order valence-electron chi connectivity index (χ1n) is 14.9. The van der Waals surface area contributed by atoms with Gasteiger partial charge in [0.25, 0.3) is 11.8 Å². The summed E-state index contributed by atoms with van der Waals surface area (Å²) in [6, 6.07) is 7.19. The Morgan fingerprint density at radius 3 is 2.23 bits per heavy atom. The number of aliphatic hydroxyl groups is 1. The molecule has 2 aromatic carbocycles. The van der Waals surface area contributed by atoms with Gasteiger partial charge in [0.2, 0.25) is 0 Å². The molecule has 2 atom stereocenters. The lowest BCUT2D eigenvalue weighted by Crippen LogP contribution is -2.48. The van der Waals surface area contributed by atoms with Crippen LogP contribution in [0.1, 0.15) is 89.7 Å². The number of halogens is 2. The minimum absolute atomic E-state index is 0.0235. The Bertz CT molecular complexity index is 1360. The number of carbonyl (C=O) groups excluding carboxylic acids is 2. The van der Waals surface area contributed by atoms with E-state index in [0.29, 0.717) is 30.9 Å². The van der Waals surface area contributed by atoms with Crippen LogP contribution in [0, 0.1) is 18.6 Å². The minimum atomic E-state index is -1.12. The molecular formula is C33H43F2N5O3. The lowest BCUT2D eigenvalue weighted by Gasteiger charge is -2.25. The van der Waals surface area contributed by atoms with E-state index in [4.69, 9.17) is 0 Å². The average molecular weight is 596 g/mol. The van der Waals surface area contributed by atoms with Crippen LogP contribution in [-0.2, 0) is 13.0 Å². The van der Waals surface area contributed by atoms with Crippen molar-refractivity contribution in [3.8, 4) is 0 Å². The lowest BCUT2D eigenvalue weighted by atomic mass is 9.99. The summed E-state index contributed by atoms with van der Waals surface area (Å²) in [6.07, 6.45) is 3.83. The molecule has 0 fully saturated rings. The second-order valence-corrected chi connectivity index (χ2v) is 11.2. The van der Waals surface area contributed by atoms with Crippen molar-refractivity contribution in [2.75, 3.05) is 19.6 Å². The van der Waals surface area contributed by atoms with Crippen LogP contribution in [0.5, 0.6) is 0 Å². The van der Waals surface area contributed by atoms with Gasteiger partial charge < -0.3 is 20.6 Å². The molecule has 0 aliphatic carbocycles. The summed E-state index contributed by atoms with van der Waals surface area (Å²) < 4.78 is 28.0. The number of hydrogen-bond donors (Lipinski definition) is 3. The van der Waals surface area contributed by atoms with Crippen molar-refractivity contribution in [3.63, 3.8) is 0 Å². The summed E-state index contributed by atoms with van der Waals surface area (Å²) in [5.74, 6) is -1.94. The fraction of sp³-hybridized carbons (Fsp3) is 0.455. The average Bonchev–Trinajstić information content (AvgIpc) is 2.95. The van der Waals surface area contributed by atoms with E-state index in [1.165, 1.54) is 12.1 Å². The van der Waals surface area contributed by atoms with Crippen molar-refractivity contribution in [2.24, 2.45) is 0 Å². The van der Waals surface area contributed by atoms with Crippen molar-refractivity contribution in [1.29, 1.82) is 0 Å². The smallest absolute Gasteiger partial charge is 0.253 e. The first kappa shape index (κ1) is 33.7. The zero-order chi connectivity index (χ0) is 31.5. The summed E-state index contributed by atoms with van der Waals surface area (Å²) in [7, 11) is 0. The molecule has 3 aromatic rings. The van der Waals surface area contributed by atoms with Gasteiger partial charge in [-0.3, -0.25) is 19.6 Å². The van der Waals surface area contributed by atoms with Crippen LogP contribution >= 0.6 is 0 Å². The predicted octanol–water partition coefficient (Wildman–Crippen LogP) is 4.94. The van der Waals surface area contributed by atoms with Crippen molar-refractivity contribution < 1.29 is 23.5 Å². The quantitative estimate of drug-likeness (QED) is 0.230. The fourth-order valence-corrected chi connectivity index (χ4v) is 4.87. The third-order valence-electron chi connectivity index (χ3n) is 6.97. The van der Waals surface area contributed by atoms with Crippen LogP contribution in [0.2, 0.25) is 0 Å². The highest BCUT2D eigenvalue weighted by molar-refractivity contribution is 6.00. The number of nitrogens with zero attached hydrogens (tertiary/aromatic N) is 3. The third kappa shape index (κ3) is 10.2. The summed E-state index contributed by atoms with van der Waals surface area (Å²) >= 11 is 0. The van der Waals surface area contributed by atoms with Gasteiger partial charge in [-0.05, 0) is 73.6 Å². The van der Waals surface area contributed by atoms with E-state index in [1.54, 1.807) is 42.4 Å². The van der Waals surface area contributed by atoms with Gasteiger partial charge in [-0.15, -0.1) is 0 Å². The molecule has 0 saturated heterocycles. The van der Waals surface area contributed by atoms with E-state index in [9.17, 15) is 23.5 Å². The number of aliphatic hydroxyl groups excluding tert-OH is 1. The number of nitrogens with one attached hydrogen (secondary N) is 2. The molecule has 0 aliphatic heterocycles. The van der Waals surface area contributed by atoms with Crippen LogP contribution in [0.15, 0.2) is 48.8 Å². The number of amides is 2. The third-order valence-corrected chi connectivity index (χ3v) is 6.97. The zero-order valence-electron chi connectivity index (χ0n) is 25.7. The van der Waals surface area contributed by atoms with E-state index in [1.807, 2.05) is 27.7 Å². The molecule has 0 bridgehead atoms.